The van der Waals surface area contributed by atoms with Gasteiger partial charge in [0.15, 0.2) is 11.4 Å². The summed E-state index contributed by atoms with van der Waals surface area (Å²) < 4.78 is 6.49. The molecular formula is C46H34N2O. The van der Waals surface area contributed by atoms with Crippen molar-refractivity contribution in [3.05, 3.63) is 156 Å². The zero-order valence-corrected chi connectivity index (χ0v) is 28.0. The first-order valence-electron chi connectivity index (χ1n) is 17.1. The third-order valence-electron chi connectivity index (χ3n) is 11.1. The van der Waals surface area contributed by atoms with E-state index in [4.69, 9.17) is 14.4 Å². The Morgan fingerprint density at radius 2 is 1.10 bits per heavy atom. The number of fused-ring (bicyclic) bond motifs is 9. The molecule has 2 aromatic heterocycles. The summed E-state index contributed by atoms with van der Waals surface area (Å²) in [7, 11) is 0. The number of hydrogen-bond donors (Lipinski definition) is 0. The van der Waals surface area contributed by atoms with Gasteiger partial charge in [-0.2, -0.15) is 0 Å². The Balaban J connectivity index is 1.18. The van der Waals surface area contributed by atoms with Crippen molar-refractivity contribution in [1.29, 1.82) is 0 Å². The van der Waals surface area contributed by atoms with E-state index in [2.05, 4.69) is 125 Å². The van der Waals surface area contributed by atoms with E-state index in [-0.39, 0.29) is 10.8 Å². The molecule has 0 N–H and O–H groups in total. The predicted molar refractivity (Wildman–Crippen MR) is 201 cm³/mol. The Labute approximate surface area is 285 Å². The Morgan fingerprint density at radius 3 is 1.98 bits per heavy atom. The molecule has 0 aliphatic heterocycles. The molecule has 0 saturated carbocycles. The minimum Gasteiger partial charge on any atom is -0.452 e. The van der Waals surface area contributed by atoms with Crippen molar-refractivity contribution in [2.24, 2.45) is 0 Å². The SMILES string of the molecule is CC1(C)c2ccccc2-c2cc3c(cc21)-c1c(-c2cccc(-c4nc(-c5ccccc5)nc5c4oc4ccccc45)c2)cccc1C3(C)C. The van der Waals surface area contributed by atoms with Gasteiger partial charge in [0.05, 0.1) is 0 Å². The second-order valence-corrected chi connectivity index (χ2v) is 14.6. The topological polar surface area (TPSA) is 38.9 Å². The minimum atomic E-state index is -0.132. The van der Waals surface area contributed by atoms with Gasteiger partial charge < -0.3 is 4.42 Å². The maximum Gasteiger partial charge on any atom is 0.180 e. The number of furan rings is 1. The fraction of sp³-hybridized carbons (Fsp3) is 0.130. The zero-order valence-electron chi connectivity index (χ0n) is 28.0. The van der Waals surface area contributed by atoms with Crippen molar-refractivity contribution in [1.82, 2.24) is 9.97 Å². The molecule has 0 saturated heterocycles. The quantitative estimate of drug-likeness (QED) is 0.195. The number of para-hydroxylation sites is 1. The first-order valence-corrected chi connectivity index (χ1v) is 17.1. The second-order valence-electron chi connectivity index (χ2n) is 14.6. The van der Waals surface area contributed by atoms with Crippen LogP contribution < -0.4 is 0 Å². The molecule has 6 aromatic carbocycles. The van der Waals surface area contributed by atoms with Gasteiger partial charge in [0, 0.05) is 27.3 Å². The fourth-order valence-electron chi connectivity index (χ4n) is 8.56. The molecule has 0 atom stereocenters. The standard InChI is InChI=1S/C46H34N2O/c1-45(2)35-21-10-8-18-31(35)33-25-38-34(26-37(33)45)40-30(20-13-22-36(40)46(38,3)4)28-16-12-17-29(24-28)41-43-42(32-19-9-11-23-39(32)49-43)48-44(47-41)27-14-6-5-7-15-27/h5-26H,1-4H3. The average Bonchev–Trinajstić information content (AvgIpc) is 3.71. The maximum absolute atomic E-state index is 6.49. The Bertz CT molecular complexity index is 2660. The molecule has 0 radical (unpaired) electrons. The molecular weight excluding hydrogens is 597 g/mol. The summed E-state index contributed by atoms with van der Waals surface area (Å²) in [5, 5.41) is 0.992. The summed E-state index contributed by atoms with van der Waals surface area (Å²) in [5.74, 6) is 0.689. The van der Waals surface area contributed by atoms with Gasteiger partial charge in [-0.15, -0.1) is 0 Å². The average molecular weight is 631 g/mol. The smallest absolute Gasteiger partial charge is 0.180 e. The lowest BCUT2D eigenvalue weighted by Gasteiger charge is -2.24. The first-order chi connectivity index (χ1) is 23.8. The van der Waals surface area contributed by atoms with Crippen LogP contribution in [0.4, 0.5) is 0 Å². The number of nitrogens with zero attached hydrogens (tertiary/aromatic N) is 2. The lowest BCUT2D eigenvalue weighted by molar-refractivity contribution is 0.652. The summed E-state index contributed by atoms with van der Waals surface area (Å²) in [6, 6.07) is 47.8. The molecule has 0 amide bonds. The number of aromatic nitrogens is 2. The molecule has 2 heterocycles. The molecule has 234 valence electrons. The highest BCUT2D eigenvalue weighted by Gasteiger charge is 2.42. The van der Waals surface area contributed by atoms with Gasteiger partial charge in [0.25, 0.3) is 0 Å². The predicted octanol–water partition coefficient (Wildman–Crippen LogP) is 12.0. The summed E-state index contributed by atoms with van der Waals surface area (Å²) in [6.45, 7) is 9.48. The van der Waals surface area contributed by atoms with Crippen LogP contribution in [0.2, 0.25) is 0 Å². The van der Waals surface area contributed by atoms with Crippen molar-refractivity contribution in [3.63, 3.8) is 0 Å². The summed E-state index contributed by atoms with van der Waals surface area (Å²) in [4.78, 5) is 10.2. The molecule has 3 nitrogen and oxygen atoms in total. The van der Waals surface area contributed by atoms with Crippen LogP contribution in [0.3, 0.4) is 0 Å². The largest absolute Gasteiger partial charge is 0.452 e. The van der Waals surface area contributed by atoms with Gasteiger partial charge in [-0.3, -0.25) is 0 Å². The number of rotatable bonds is 3. The van der Waals surface area contributed by atoms with Crippen LogP contribution in [-0.2, 0) is 10.8 Å². The molecule has 2 aliphatic carbocycles. The van der Waals surface area contributed by atoms with Crippen molar-refractivity contribution in [3.8, 4) is 56.0 Å². The van der Waals surface area contributed by atoms with Gasteiger partial charge in [-0.1, -0.05) is 131 Å². The molecule has 8 aromatic rings. The van der Waals surface area contributed by atoms with Crippen LogP contribution in [0.5, 0.6) is 0 Å². The molecule has 0 spiro atoms. The fourth-order valence-corrected chi connectivity index (χ4v) is 8.56. The molecule has 0 fully saturated rings. The molecule has 10 rings (SSSR count). The highest BCUT2D eigenvalue weighted by atomic mass is 16.3. The highest BCUT2D eigenvalue weighted by Crippen LogP contribution is 2.57. The maximum atomic E-state index is 6.49. The lowest BCUT2D eigenvalue weighted by atomic mass is 9.79. The second kappa shape index (κ2) is 9.87. The molecule has 49 heavy (non-hydrogen) atoms. The Morgan fingerprint density at radius 1 is 0.469 bits per heavy atom. The van der Waals surface area contributed by atoms with Crippen LogP contribution >= 0.6 is 0 Å². The van der Waals surface area contributed by atoms with Gasteiger partial charge in [0.1, 0.15) is 16.8 Å². The normalized spacial score (nSPS) is 14.9. The summed E-state index contributed by atoms with van der Waals surface area (Å²) in [6.07, 6.45) is 0. The van der Waals surface area contributed by atoms with Crippen molar-refractivity contribution >= 4 is 22.1 Å². The van der Waals surface area contributed by atoms with Crippen LogP contribution in [0.1, 0.15) is 49.9 Å². The van der Waals surface area contributed by atoms with E-state index in [9.17, 15) is 0 Å². The Kier molecular flexibility index (Phi) is 5.69. The van der Waals surface area contributed by atoms with Gasteiger partial charge in [-0.05, 0) is 86.0 Å². The van der Waals surface area contributed by atoms with Crippen molar-refractivity contribution in [2.45, 2.75) is 38.5 Å². The molecule has 3 heteroatoms. The van der Waals surface area contributed by atoms with Crippen molar-refractivity contribution < 1.29 is 4.42 Å². The van der Waals surface area contributed by atoms with E-state index >= 15 is 0 Å². The van der Waals surface area contributed by atoms with Crippen molar-refractivity contribution in [2.75, 3.05) is 0 Å². The van der Waals surface area contributed by atoms with Gasteiger partial charge in [-0.25, -0.2) is 9.97 Å². The number of hydrogen-bond acceptors (Lipinski definition) is 3. The van der Waals surface area contributed by atoms with E-state index < -0.39 is 0 Å². The highest BCUT2D eigenvalue weighted by molar-refractivity contribution is 6.07. The zero-order chi connectivity index (χ0) is 33.1. The van der Waals surface area contributed by atoms with E-state index in [0.717, 1.165) is 38.9 Å². The monoisotopic (exact) mass is 630 g/mol. The number of benzene rings is 6. The van der Waals surface area contributed by atoms with Crippen LogP contribution in [-0.4, -0.2) is 9.97 Å². The Hall–Kier alpha value is -5.80. The van der Waals surface area contributed by atoms with Gasteiger partial charge >= 0.3 is 0 Å². The summed E-state index contributed by atoms with van der Waals surface area (Å²) >= 11 is 0. The van der Waals surface area contributed by atoms with E-state index in [1.165, 1.54) is 50.1 Å². The summed E-state index contributed by atoms with van der Waals surface area (Å²) in [5.41, 5.74) is 18.3. The first kappa shape index (κ1) is 28.2. The third-order valence-corrected chi connectivity index (χ3v) is 11.1. The third kappa shape index (κ3) is 3.90. The van der Waals surface area contributed by atoms with E-state index in [0.29, 0.717) is 11.4 Å². The van der Waals surface area contributed by atoms with E-state index in [1.807, 2.05) is 36.4 Å². The van der Waals surface area contributed by atoms with Crippen LogP contribution in [0.15, 0.2) is 138 Å². The molecule has 2 aliphatic rings. The van der Waals surface area contributed by atoms with Crippen LogP contribution in [0.25, 0.3) is 78.1 Å². The lowest BCUT2D eigenvalue weighted by Crippen LogP contribution is -2.16. The van der Waals surface area contributed by atoms with Gasteiger partial charge in [0.2, 0.25) is 0 Å². The van der Waals surface area contributed by atoms with Crippen LogP contribution in [0, 0.1) is 0 Å². The molecule has 0 bridgehead atoms. The molecule has 0 unspecified atom stereocenters. The van der Waals surface area contributed by atoms with E-state index in [1.54, 1.807) is 0 Å². The minimum absolute atomic E-state index is 0.0653.